The maximum atomic E-state index is 12.6. The van der Waals surface area contributed by atoms with Crippen LogP contribution in [0.2, 0.25) is 0 Å². The van der Waals surface area contributed by atoms with E-state index in [1.54, 1.807) is 19.4 Å². The Bertz CT molecular complexity index is 991. The average molecular weight is 437 g/mol. The van der Waals surface area contributed by atoms with E-state index in [4.69, 9.17) is 4.74 Å². The van der Waals surface area contributed by atoms with Crippen molar-refractivity contribution in [3.63, 3.8) is 0 Å². The Kier molecular flexibility index (Phi) is 6.63. The Morgan fingerprint density at radius 3 is 2.53 bits per heavy atom. The molecule has 0 saturated heterocycles. The summed E-state index contributed by atoms with van der Waals surface area (Å²) in [5.74, 6) is -0.233. The molecule has 3 aromatic rings. The first kappa shape index (κ1) is 21.7. The lowest BCUT2D eigenvalue weighted by molar-refractivity contribution is -0.137. The van der Waals surface area contributed by atoms with Gasteiger partial charge in [0.1, 0.15) is 5.69 Å². The quantitative estimate of drug-likeness (QED) is 0.603. The third-order valence-electron chi connectivity index (χ3n) is 4.17. The van der Waals surface area contributed by atoms with E-state index in [9.17, 15) is 18.0 Å². The van der Waals surface area contributed by atoms with E-state index in [1.165, 1.54) is 0 Å². The molecule has 3 rings (SSSR count). The standard InChI is InChI=1S/C19H18F3N5O2S/c1-27(9-10-29-2)14-7-8-15(23-11-14)16-24-18(30-26-16)25-17(28)12-3-5-13(6-4-12)19(20,21)22/h3-8,11H,9-10H2,1-2H3,(H,24,25,26,28). The van der Waals surface area contributed by atoms with Crippen LogP contribution in [0.15, 0.2) is 42.6 Å². The van der Waals surface area contributed by atoms with Gasteiger partial charge in [-0.25, -0.2) is 0 Å². The lowest BCUT2D eigenvalue weighted by Crippen LogP contribution is -2.22. The second-order valence-corrected chi connectivity index (χ2v) is 7.02. The van der Waals surface area contributed by atoms with Gasteiger partial charge in [0.25, 0.3) is 5.91 Å². The Morgan fingerprint density at radius 2 is 1.93 bits per heavy atom. The number of nitrogens with zero attached hydrogens (tertiary/aromatic N) is 4. The van der Waals surface area contributed by atoms with Crippen molar-refractivity contribution in [1.82, 2.24) is 14.3 Å². The number of hydrogen-bond donors (Lipinski definition) is 1. The van der Waals surface area contributed by atoms with Gasteiger partial charge in [0.15, 0.2) is 5.82 Å². The molecule has 2 heterocycles. The first-order valence-corrected chi connectivity index (χ1v) is 9.54. The van der Waals surface area contributed by atoms with Crippen molar-refractivity contribution in [3.05, 3.63) is 53.7 Å². The van der Waals surface area contributed by atoms with Crippen molar-refractivity contribution < 1.29 is 22.7 Å². The summed E-state index contributed by atoms with van der Waals surface area (Å²) in [5, 5.41) is 2.75. The highest BCUT2D eigenvalue weighted by Crippen LogP contribution is 2.29. The van der Waals surface area contributed by atoms with E-state index in [-0.39, 0.29) is 10.7 Å². The number of aromatic nitrogens is 3. The predicted molar refractivity (Wildman–Crippen MR) is 108 cm³/mol. The number of ether oxygens (including phenoxy) is 1. The smallest absolute Gasteiger partial charge is 0.383 e. The zero-order valence-corrected chi connectivity index (χ0v) is 16.9. The molecule has 0 spiro atoms. The number of amides is 1. The number of nitrogens with one attached hydrogen (secondary N) is 1. The Labute approximate surface area is 174 Å². The molecule has 0 aliphatic carbocycles. The Morgan fingerprint density at radius 1 is 1.20 bits per heavy atom. The Balaban J connectivity index is 1.65. The van der Waals surface area contributed by atoms with Gasteiger partial charge in [-0.05, 0) is 36.4 Å². The first-order chi connectivity index (χ1) is 14.3. The van der Waals surface area contributed by atoms with Crippen molar-refractivity contribution in [2.75, 3.05) is 37.5 Å². The predicted octanol–water partition coefficient (Wildman–Crippen LogP) is 3.95. The van der Waals surface area contributed by atoms with Crippen LogP contribution in [0.1, 0.15) is 15.9 Å². The van der Waals surface area contributed by atoms with Gasteiger partial charge in [0.2, 0.25) is 5.13 Å². The van der Waals surface area contributed by atoms with Gasteiger partial charge < -0.3 is 9.64 Å². The van der Waals surface area contributed by atoms with E-state index in [0.717, 1.165) is 41.5 Å². The monoisotopic (exact) mass is 437 g/mol. The maximum absolute atomic E-state index is 12.6. The minimum absolute atomic E-state index is 0.0846. The molecular formula is C19H18F3N5O2S. The van der Waals surface area contributed by atoms with Crippen molar-refractivity contribution in [2.45, 2.75) is 6.18 Å². The van der Waals surface area contributed by atoms with Gasteiger partial charge >= 0.3 is 6.18 Å². The topological polar surface area (TPSA) is 80.2 Å². The Hall–Kier alpha value is -3.05. The fourth-order valence-electron chi connectivity index (χ4n) is 2.46. The number of halogens is 3. The third-order valence-corrected chi connectivity index (χ3v) is 4.80. The van der Waals surface area contributed by atoms with Crippen molar-refractivity contribution in [2.24, 2.45) is 0 Å². The molecule has 0 aliphatic rings. The average Bonchev–Trinajstić information content (AvgIpc) is 3.20. The SMILES string of the molecule is COCCN(C)c1ccc(-c2nsc(NC(=O)c3ccc(C(F)(F)F)cc3)n2)nc1. The van der Waals surface area contributed by atoms with Gasteiger partial charge in [-0.15, -0.1) is 0 Å². The van der Waals surface area contributed by atoms with Crippen LogP contribution in [-0.2, 0) is 10.9 Å². The van der Waals surface area contributed by atoms with E-state index < -0.39 is 17.6 Å². The molecule has 158 valence electrons. The number of methoxy groups -OCH3 is 1. The zero-order chi connectivity index (χ0) is 21.7. The molecule has 1 aromatic carbocycles. The van der Waals surface area contributed by atoms with Crippen LogP contribution in [0, 0.1) is 0 Å². The molecule has 1 N–H and O–H groups in total. The molecule has 11 heteroatoms. The molecule has 0 radical (unpaired) electrons. The molecule has 30 heavy (non-hydrogen) atoms. The van der Waals surface area contributed by atoms with Crippen molar-refractivity contribution in [1.29, 1.82) is 0 Å². The number of rotatable bonds is 7. The minimum atomic E-state index is -4.45. The van der Waals surface area contributed by atoms with Crippen molar-refractivity contribution in [3.8, 4) is 11.5 Å². The molecule has 7 nitrogen and oxygen atoms in total. The molecule has 0 aliphatic heterocycles. The van der Waals surface area contributed by atoms with Gasteiger partial charge in [0.05, 0.1) is 24.1 Å². The van der Waals surface area contributed by atoms with E-state index in [2.05, 4.69) is 19.7 Å². The lowest BCUT2D eigenvalue weighted by atomic mass is 10.1. The second kappa shape index (κ2) is 9.18. The summed E-state index contributed by atoms with van der Waals surface area (Å²) < 4.78 is 47.1. The summed E-state index contributed by atoms with van der Waals surface area (Å²) in [6.07, 6.45) is -2.77. The fourth-order valence-corrected chi connectivity index (χ4v) is 3.03. The number of carbonyl (C=O) groups is 1. The molecule has 0 atom stereocenters. The summed E-state index contributed by atoms with van der Waals surface area (Å²) in [7, 11) is 3.56. The normalized spacial score (nSPS) is 11.4. The highest BCUT2D eigenvalue weighted by Gasteiger charge is 2.30. The molecule has 0 bridgehead atoms. The summed E-state index contributed by atoms with van der Waals surface area (Å²) in [6, 6.07) is 7.58. The van der Waals surface area contributed by atoms with Gasteiger partial charge in [-0.2, -0.15) is 22.5 Å². The highest BCUT2D eigenvalue weighted by atomic mass is 32.1. The van der Waals surface area contributed by atoms with Crippen LogP contribution in [0.5, 0.6) is 0 Å². The lowest BCUT2D eigenvalue weighted by Gasteiger charge is -2.18. The van der Waals surface area contributed by atoms with Gasteiger partial charge in [-0.3, -0.25) is 15.1 Å². The van der Waals surface area contributed by atoms with Crippen LogP contribution < -0.4 is 10.2 Å². The second-order valence-electron chi connectivity index (χ2n) is 6.27. The number of pyridine rings is 1. The number of anilines is 2. The van der Waals surface area contributed by atoms with E-state index in [1.807, 2.05) is 18.0 Å². The number of likely N-dealkylation sites (N-methyl/N-ethyl adjacent to an activating group) is 1. The number of carbonyl (C=O) groups excluding carboxylic acids is 1. The largest absolute Gasteiger partial charge is 0.416 e. The van der Waals surface area contributed by atoms with Crippen LogP contribution in [-0.4, -0.2) is 47.6 Å². The number of alkyl halides is 3. The van der Waals surface area contributed by atoms with Crippen LogP contribution >= 0.6 is 11.5 Å². The molecule has 0 unspecified atom stereocenters. The third kappa shape index (κ3) is 5.30. The molecule has 1 amide bonds. The van der Waals surface area contributed by atoms with Gasteiger partial charge in [-0.1, -0.05) is 0 Å². The summed E-state index contributed by atoms with van der Waals surface area (Å²) in [5.41, 5.74) is 0.702. The molecular weight excluding hydrogens is 419 g/mol. The number of hydrogen-bond acceptors (Lipinski definition) is 7. The first-order valence-electron chi connectivity index (χ1n) is 8.77. The minimum Gasteiger partial charge on any atom is -0.383 e. The van der Waals surface area contributed by atoms with Crippen molar-refractivity contribution >= 4 is 28.3 Å². The fraction of sp³-hybridized carbons (Fsp3) is 0.263. The summed E-state index contributed by atoms with van der Waals surface area (Å²) in [4.78, 5) is 22.8. The number of benzene rings is 1. The zero-order valence-electron chi connectivity index (χ0n) is 16.1. The van der Waals surface area contributed by atoms with E-state index >= 15 is 0 Å². The summed E-state index contributed by atoms with van der Waals surface area (Å²) >= 11 is 0.956. The highest BCUT2D eigenvalue weighted by molar-refractivity contribution is 7.10. The molecule has 2 aromatic heterocycles. The van der Waals surface area contributed by atoms with E-state index in [0.29, 0.717) is 24.7 Å². The summed E-state index contributed by atoms with van der Waals surface area (Å²) in [6.45, 7) is 1.31. The molecule has 0 fully saturated rings. The maximum Gasteiger partial charge on any atom is 0.416 e. The molecule has 0 saturated carbocycles. The van der Waals surface area contributed by atoms with Gasteiger partial charge in [0, 0.05) is 37.8 Å². The van der Waals surface area contributed by atoms with Crippen LogP contribution in [0.3, 0.4) is 0 Å². The van der Waals surface area contributed by atoms with Crippen LogP contribution in [0.4, 0.5) is 24.0 Å². The van der Waals surface area contributed by atoms with Crippen LogP contribution in [0.25, 0.3) is 11.5 Å².